The molecule has 0 saturated carbocycles. The number of carbonyl (C=O) groups is 2. The van der Waals surface area contributed by atoms with Crippen molar-refractivity contribution in [1.82, 2.24) is 0 Å². The second-order valence-corrected chi connectivity index (χ2v) is 6.90. The molecule has 1 heterocycles. The number of amides is 2. The van der Waals surface area contributed by atoms with Gasteiger partial charge in [-0.2, -0.15) is 0 Å². The van der Waals surface area contributed by atoms with E-state index in [2.05, 4.69) is 5.32 Å². The molecule has 0 radical (unpaired) electrons. The van der Waals surface area contributed by atoms with Crippen LogP contribution in [0.15, 0.2) is 42.5 Å². The first-order valence-corrected chi connectivity index (χ1v) is 8.32. The van der Waals surface area contributed by atoms with Gasteiger partial charge in [-0.05, 0) is 56.3 Å². The predicted octanol–water partition coefficient (Wildman–Crippen LogP) is 3.33. The van der Waals surface area contributed by atoms with E-state index in [9.17, 15) is 9.59 Å². The van der Waals surface area contributed by atoms with Crippen LogP contribution >= 0.6 is 0 Å². The molecule has 2 aromatic rings. The van der Waals surface area contributed by atoms with E-state index in [-0.39, 0.29) is 11.8 Å². The summed E-state index contributed by atoms with van der Waals surface area (Å²) < 4.78 is 10.9. The van der Waals surface area contributed by atoms with Crippen LogP contribution in [0.3, 0.4) is 0 Å². The fourth-order valence-corrected chi connectivity index (χ4v) is 2.81. The lowest BCUT2D eigenvalue weighted by Crippen LogP contribution is -2.39. The van der Waals surface area contributed by atoms with E-state index >= 15 is 0 Å². The smallest absolute Gasteiger partial charge is 0.255 e. The van der Waals surface area contributed by atoms with Gasteiger partial charge in [0.2, 0.25) is 5.91 Å². The number of methoxy groups -OCH3 is 1. The fraction of sp³-hybridized carbons (Fsp3) is 0.300. The van der Waals surface area contributed by atoms with E-state index < -0.39 is 5.41 Å². The number of hydrogen-bond acceptors (Lipinski definition) is 4. The molecule has 2 amide bonds. The van der Waals surface area contributed by atoms with Gasteiger partial charge in [0.15, 0.2) is 0 Å². The molecule has 1 aliphatic rings. The van der Waals surface area contributed by atoms with Crippen LogP contribution in [0.25, 0.3) is 0 Å². The summed E-state index contributed by atoms with van der Waals surface area (Å²) in [5.74, 6) is 1.03. The number of anilines is 2. The van der Waals surface area contributed by atoms with Crippen molar-refractivity contribution in [1.29, 1.82) is 0 Å². The summed E-state index contributed by atoms with van der Waals surface area (Å²) in [7, 11) is 3.29. The third-order valence-electron chi connectivity index (χ3n) is 4.40. The highest BCUT2D eigenvalue weighted by Gasteiger charge is 2.36. The van der Waals surface area contributed by atoms with Crippen LogP contribution in [-0.4, -0.2) is 32.6 Å². The Morgan fingerprint density at radius 2 is 1.88 bits per heavy atom. The highest BCUT2D eigenvalue weighted by Crippen LogP contribution is 2.37. The molecule has 0 aliphatic carbocycles. The Hall–Kier alpha value is -3.02. The van der Waals surface area contributed by atoms with Gasteiger partial charge in [0.25, 0.3) is 5.91 Å². The number of ether oxygens (including phenoxy) is 2. The molecular formula is C20H22N2O4. The minimum absolute atomic E-state index is 0.0325. The zero-order chi connectivity index (χ0) is 18.9. The third-order valence-corrected chi connectivity index (χ3v) is 4.40. The van der Waals surface area contributed by atoms with Crippen LogP contribution in [0.5, 0.6) is 11.5 Å². The molecule has 6 nitrogen and oxygen atoms in total. The van der Waals surface area contributed by atoms with Crippen LogP contribution in [0, 0.1) is 5.41 Å². The molecule has 0 unspecified atom stereocenters. The quantitative estimate of drug-likeness (QED) is 0.918. The van der Waals surface area contributed by atoms with Crippen molar-refractivity contribution in [3.05, 3.63) is 48.0 Å². The number of rotatable bonds is 3. The van der Waals surface area contributed by atoms with E-state index in [0.29, 0.717) is 35.0 Å². The summed E-state index contributed by atoms with van der Waals surface area (Å²) >= 11 is 0. The summed E-state index contributed by atoms with van der Waals surface area (Å²) in [5.41, 5.74) is 1.13. The first-order valence-electron chi connectivity index (χ1n) is 8.32. The van der Waals surface area contributed by atoms with Gasteiger partial charge in [-0.15, -0.1) is 0 Å². The van der Waals surface area contributed by atoms with Gasteiger partial charge in [-0.3, -0.25) is 9.59 Å². The van der Waals surface area contributed by atoms with Gasteiger partial charge in [0, 0.05) is 18.3 Å². The molecule has 26 heavy (non-hydrogen) atoms. The highest BCUT2D eigenvalue weighted by molar-refractivity contribution is 6.05. The minimum atomic E-state index is -0.611. The van der Waals surface area contributed by atoms with Crippen molar-refractivity contribution < 1.29 is 19.1 Å². The lowest BCUT2D eigenvalue weighted by Gasteiger charge is -2.24. The lowest BCUT2D eigenvalue weighted by molar-refractivity contribution is -0.127. The molecule has 6 heteroatoms. The van der Waals surface area contributed by atoms with Crippen molar-refractivity contribution >= 4 is 23.2 Å². The SMILES string of the molecule is COc1ccc(C(=O)Nc2ccc3c(c2)N(C)C(=O)C(C)(C)CO3)cc1. The molecule has 3 rings (SSSR count). The monoisotopic (exact) mass is 354 g/mol. The number of benzene rings is 2. The first kappa shape index (κ1) is 17.8. The van der Waals surface area contributed by atoms with Crippen molar-refractivity contribution in [2.75, 3.05) is 31.0 Å². The molecule has 0 spiro atoms. The second-order valence-electron chi connectivity index (χ2n) is 6.90. The number of nitrogens with one attached hydrogen (secondary N) is 1. The van der Waals surface area contributed by atoms with Gasteiger partial charge >= 0.3 is 0 Å². The second kappa shape index (κ2) is 6.71. The summed E-state index contributed by atoms with van der Waals surface area (Å²) in [5, 5.41) is 2.85. The Labute approximate surface area is 152 Å². The van der Waals surface area contributed by atoms with Gasteiger partial charge < -0.3 is 19.7 Å². The van der Waals surface area contributed by atoms with Crippen molar-refractivity contribution in [2.24, 2.45) is 5.41 Å². The van der Waals surface area contributed by atoms with Crippen LogP contribution in [-0.2, 0) is 4.79 Å². The van der Waals surface area contributed by atoms with Gasteiger partial charge in [0.05, 0.1) is 18.2 Å². The zero-order valence-electron chi connectivity index (χ0n) is 15.3. The van der Waals surface area contributed by atoms with Crippen molar-refractivity contribution in [3.8, 4) is 11.5 Å². The molecule has 1 aliphatic heterocycles. The molecule has 1 N–H and O–H groups in total. The Bertz CT molecular complexity index is 843. The molecule has 136 valence electrons. The average molecular weight is 354 g/mol. The summed E-state index contributed by atoms with van der Waals surface area (Å²) in [4.78, 5) is 26.6. The molecule has 2 aromatic carbocycles. The summed E-state index contributed by atoms with van der Waals surface area (Å²) in [6, 6.07) is 12.1. The maximum absolute atomic E-state index is 12.6. The molecule has 0 atom stereocenters. The summed E-state index contributed by atoms with van der Waals surface area (Å²) in [6.07, 6.45) is 0. The van der Waals surface area contributed by atoms with Crippen molar-refractivity contribution in [2.45, 2.75) is 13.8 Å². The van der Waals surface area contributed by atoms with Crippen LogP contribution in [0.1, 0.15) is 24.2 Å². The Balaban J connectivity index is 1.84. The number of hydrogen-bond donors (Lipinski definition) is 1. The third kappa shape index (κ3) is 3.35. The largest absolute Gasteiger partial charge is 0.497 e. The molecule has 0 fully saturated rings. The fourth-order valence-electron chi connectivity index (χ4n) is 2.81. The van der Waals surface area contributed by atoms with Gasteiger partial charge in [-0.1, -0.05) is 0 Å². The standard InChI is InChI=1S/C20H22N2O4/c1-20(2)12-26-17-10-7-14(11-16(17)22(3)19(20)24)21-18(23)13-5-8-15(25-4)9-6-13/h5-11H,12H2,1-4H3,(H,21,23). The zero-order valence-corrected chi connectivity index (χ0v) is 15.3. The summed E-state index contributed by atoms with van der Waals surface area (Å²) in [6.45, 7) is 4.01. The number of carbonyl (C=O) groups excluding carboxylic acids is 2. The number of nitrogens with zero attached hydrogens (tertiary/aromatic N) is 1. The van der Waals surface area contributed by atoms with Crippen molar-refractivity contribution in [3.63, 3.8) is 0 Å². The highest BCUT2D eigenvalue weighted by atomic mass is 16.5. The van der Waals surface area contributed by atoms with Crippen LogP contribution < -0.4 is 19.7 Å². The van der Waals surface area contributed by atoms with E-state index in [1.54, 1.807) is 61.5 Å². The lowest BCUT2D eigenvalue weighted by atomic mass is 9.93. The molecule has 0 saturated heterocycles. The maximum Gasteiger partial charge on any atom is 0.255 e. The average Bonchev–Trinajstić information content (AvgIpc) is 2.72. The minimum Gasteiger partial charge on any atom is -0.497 e. The van der Waals surface area contributed by atoms with Gasteiger partial charge in [-0.25, -0.2) is 0 Å². The van der Waals surface area contributed by atoms with E-state index in [4.69, 9.17) is 9.47 Å². The van der Waals surface area contributed by atoms with Gasteiger partial charge in [0.1, 0.15) is 18.1 Å². The van der Waals surface area contributed by atoms with Crippen LogP contribution in [0.4, 0.5) is 11.4 Å². The van der Waals surface area contributed by atoms with Crippen LogP contribution in [0.2, 0.25) is 0 Å². The first-order chi connectivity index (χ1) is 12.3. The molecule has 0 bridgehead atoms. The normalized spacial score (nSPS) is 15.5. The number of fused-ring (bicyclic) bond motifs is 1. The Morgan fingerprint density at radius 3 is 2.54 bits per heavy atom. The Morgan fingerprint density at radius 1 is 1.19 bits per heavy atom. The topological polar surface area (TPSA) is 67.9 Å². The van der Waals surface area contributed by atoms with E-state index in [1.165, 1.54) is 0 Å². The predicted molar refractivity (Wildman–Crippen MR) is 100 cm³/mol. The Kier molecular flexibility index (Phi) is 4.59. The van der Waals surface area contributed by atoms with E-state index in [1.807, 2.05) is 13.8 Å². The molecule has 0 aromatic heterocycles. The molecular weight excluding hydrogens is 332 g/mol. The van der Waals surface area contributed by atoms with E-state index in [0.717, 1.165) is 0 Å². The maximum atomic E-state index is 12.6.